The molecule has 6 nitrogen and oxygen atoms in total. The SMILES string of the molecule is O=C(/C=C/c1ccccc1OCc1ccccn1)c1ccc(Cl)c([N+](=O)[O-])c1. The highest BCUT2D eigenvalue weighted by Gasteiger charge is 2.15. The number of para-hydroxylation sites is 1. The van der Waals surface area contributed by atoms with Crippen molar-refractivity contribution in [1.29, 1.82) is 0 Å². The fourth-order valence-electron chi connectivity index (χ4n) is 2.45. The molecule has 0 aliphatic heterocycles. The third-order valence-electron chi connectivity index (χ3n) is 3.86. The van der Waals surface area contributed by atoms with Gasteiger partial charge in [-0.15, -0.1) is 0 Å². The van der Waals surface area contributed by atoms with E-state index in [0.717, 1.165) is 5.69 Å². The summed E-state index contributed by atoms with van der Waals surface area (Å²) in [6.45, 7) is 0.295. The highest BCUT2D eigenvalue weighted by Crippen LogP contribution is 2.26. The van der Waals surface area contributed by atoms with Crippen LogP contribution < -0.4 is 4.74 Å². The lowest BCUT2D eigenvalue weighted by Gasteiger charge is -2.08. The maximum Gasteiger partial charge on any atom is 0.288 e. The first-order chi connectivity index (χ1) is 13.5. The monoisotopic (exact) mass is 394 g/mol. The van der Waals surface area contributed by atoms with E-state index >= 15 is 0 Å². The van der Waals surface area contributed by atoms with Gasteiger partial charge in [0.15, 0.2) is 5.78 Å². The zero-order valence-corrected chi connectivity index (χ0v) is 15.4. The number of halogens is 1. The molecule has 0 unspecified atom stereocenters. The Kier molecular flexibility index (Phi) is 6.14. The molecule has 1 heterocycles. The minimum atomic E-state index is -0.621. The van der Waals surface area contributed by atoms with E-state index in [1.165, 1.54) is 24.3 Å². The average molecular weight is 395 g/mol. The number of benzene rings is 2. The van der Waals surface area contributed by atoms with Gasteiger partial charge in [0.1, 0.15) is 17.4 Å². The molecule has 0 aliphatic rings. The second-order valence-corrected chi connectivity index (χ2v) is 6.18. The van der Waals surface area contributed by atoms with Crippen molar-refractivity contribution in [3.8, 4) is 5.75 Å². The number of aromatic nitrogens is 1. The molecular formula is C21H15ClN2O4. The van der Waals surface area contributed by atoms with Gasteiger partial charge in [0.2, 0.25) is 0 Å². The second kappa shape index (κ2) is 8.92. The van der Waals surface area contributed by atoms with Crippen LogP contribution in [0.3, 0.4) is 0 Å². The number of allylic oxidation sites excluding steroid dienone is 1. The number of rotatable bonds is 7. The number of pyridine rings is 1. The van der Waals surface area contributed by atoms with Gasteiger partial charge in [-0.1, -0.05) is 35.9 Å². The molecule has 140 valence electrons. The van der Waals surface area contributed by atoms with E-state index in [-0.39, 0.29) is 22.1 Å². The summed E-state index contributed by atoms with van der Waals surface area (Å²) >= 11 is 5.78. The summed E-state index contributed by atoms with van der Waals surface area (Å²) in [7, 11) is 0. The summed E-state index contributed by atoms with van der Waals surface area (Å²) < 4.78 is 5.80. The van der Waals surface area contributed by atoms with Gasteiger partial charge < -0.3 is 4.74 Å². The molecule has 28 heavy (non-hydrogen) atoms. The van der Waals surface area contributed by atoms with Gasteiger partial charge in [0.05, 0.1) is 10.6 Å². The number of ether oxygens (including phenoxy) is 1. The summed E-state index contributed by atoms with van der Waals surface area (Å²) in [5, 5.41) is 11.0. The lowest BCUT2D eigenvalue weighted by Crippen LogP contribution is -1.99. The number of carbonyl (C=O) groups excluding carboxylic acids is 1. The van der Waals surface area contributed by atoms with Crippen molar-refractivity contribution in [3.05, 3.63) is 105 Å². The Labute approximate surface area is 166 Å². The molecule has 0 fully saturated rings. The smallest absolute Gasteiger partial charge is 0.288 e. The van der Waals surface area contributed by atoms with Gasteiger partial charge >= 0.3 is 0 Å². The van der Waals surface area contributed by atoms with Crippen LogP contribution in [-0.4, -0.2) is 15.7 Å². The first-order valence-electron chi connectivity index (χ1n) is 8.32. The van der Waals surface area contributed by atoms with Gasteiger partial charge in [0, 0.05) is 23.4 Å². The van der Waals surface area contributed by atoms with Crippen LogP contribution in [0.5, 0.6) is 5.75 Å². The Morgan fingerprint density at radius 1 is 1.14 bits per heavy atom. The maximum atomic E-state index is 12.4. The van der Waals surface area contributed by atoms with Gasteiger partial charge in [-0.2, -0.15) is 0 Å². The van der Waals surface area contributed by atoms with Crippen LogP contribution in [0, 0.1) is 10.1 Å². The molecule has 7 heteroatoms. The highest BCUT2D eigenvalue weighted by atomic mass is 35.5. The Balaban J connectivity index is 1.76. The zero-order valence-electron chi connectivity index (χ0n) is 14.6. The van der Waals surface area contributed by atoms with Crippen LogP contribution in [0.15, 0.2) is 72.9 Å². The predicted molar refractivity (Wildman–Crippen MR) is 106 cm³/mol. The summed E-state index contributed by atoms with van der Waals surface area (Å²) in [6.07, 6.45) is 4.64. The van der Waals surface area contributed by atoms with E-state index in [1.807, 2.05) is 36.4 Å². The van der Waals surface area contributed by atoms with Crippen molar-refractivity contribution < 1.29 is 14.5 Å². The van der Waals surface area contributed by atoms with Gasteiger partial charge in [-0.25, -0.2) is 0 Å². The molecule has 0 aliphatic carbocycles. The highest BCUT2D eigenvalue weighted by molar-refractivity contribution is 6.32. The van der Waals surface area contributed by atoms with Gasteiger partial charge in [-0.05, 0) is 42.5 Å². The van der Waals surface area contributed by atoms with E-state index in [2.05, 4.69) is 4.98 Å². The minimum Gasteiger partial charge on any atom is -0.487 e. The van der Waals surface area contributed by atoms with Crippen LogP contribution in [0.1, 0.15) is 21.6 Å². The number of nitro benzene ring substituents is 1. The summed E-state index contributed by atoms with van der Waals surface area (Å²) in [4.78, 5) is 27.0. The number of hydrogen-bond donors (Lipinski definition) is 0. The van der Waals surface area contributed by atoms with Crippen LogP contribution in [0.2, 0.25) is 5.02 Å². The van der Waals surface area contributed by atoms with Crippen LogP contribution in [-0.2, 0) is 6.61 Å². The lowest BCUT2D eigenvalue weighted by molar-refractivity contribution is -0.384. The van der Waals surface area contributed by atoms with Gasteiger partial charge in [-0.3, -0.25) is 19.9 Å². The van der Waals surface area contributed by atoms with E-state index in [4.69, 9.17) is 16.3 Å². The summed E-state index contributed by atoms with van der Waals surface area (Å²) in [5.74, 6) is 0.221. The van der Waals surface area contributed by atoms with E-state index < -0.39 is 4.92 Å². The molecule has 0 saturated heterocycles. The first kappa shape index (κ1) is 19.3. The Bertz CT molecular complexity index is 1040. The molecule has 0 saturated carbocycles. The van der Waals surface area contributed by atoms with Crippen molar-refractivity contribution >= 4 is 29.1 Å². The molecule has 0 amide bonds. The number of nitrogens with zero attached hydrogens (tertiary/aromatic N) is 2. The quantitative estimate of drug-likeness (QED) is 0.240. The van der Waals surface area contributed by atoms with Crippen LogP contribution >= 0.6 is 11.6 Å². The summed E-state index contributed by atoms with van der Waals surface area (Å²) in [5.41, 5.74) is 1.36. The summed E-state index contributed by atoms with van der Waals surface area (Å²) in [6, 6.07) is 16.8. The van der Waals surface area contributed by atoms with Crippen molar-refractivity contribution in [3.63, 3.8) is 0 Å². The Morgan fingerprint density at radius 3 is 2.68 bits per heavy atom. The first-order valence-corrected chi connectivity index (χ1v) is 8.70. The number of carbonyl (C=O) groups is 1. The van der Waals surface area contributed by atoms with E-state index in [9.17, 15) is 14.9 Å². The number of hydrogen-bond acceptors (Lipinski definition) is 5. The molecular weight excluding hydrogens is 380 g/mol. The molecule has 0 radical (unpaired) electrons. The lowest BCUT2D eigenvalue weighted by atomic mass is 10.1. The number of ketones is 1. The van der Waals surface area contributed by atoms with Gasteiger partial charge in [0.25, 0.3) is 5.69 Å². The van der Waals surface area contributed by atoms with E-state index in [1.54, 1.807) is 18.3 Å². The molecule has 3 aromatic rings. The molecule has 1 aromatic heterocycles. The standard InChI is InChI=1S/C21H15ClN2O4/c22-18-10-8-16(13-19(18)24(26)27)20(25)11-9-15-5-1-2-7-21(15)28-14-17-6-3-4-12-23-17/h1-13H,14H2/b11-9+. The predicted octanol–water partition coefficient (Wildman–Crippen LogP) is 5.12. The molecule has 0 spiro atoms. The molecule has 3 rings (SSSR count). The van der Waals surface area contributed by atoms with Crippen molar-refractivity contribution in [2.24, 2.45) is 0 Å². The second-order valence-electron chi connectivity index (χ2n) is 5.77. The molecule has 2 aromatic carbocycles. The zero-order chi connectivity index (χ0) is 19.9. The topological polar surface area (TPSA) is 82.3 Å². The van der Waals surface area contributed by atoms with Crippen molar-refractivity contribution in [2.45, 2.75) is 6.61 Å². The number of nitro groups is 1. The Hall–Kier alpha value is -3.51. The molecule has 0 bridgehead atoms. The third-order valence-corrected chi connectivity index (χ3v) is 4.18. The largest absolute Gasteiger partial charge is 0.487 e. The van der Waals surface area contributed by atoms with Crippen molar-refractivity contribution in [2.75, 3.05) is 0 Å². The molecule has 0 N–H and O–H groups in total. The fourth-order valence-corrected chi connectivity index (χ4v) is 2.64. The van der Waals surface area contributed by atoms with Crippen LogP contribution in [0.25, 0.3) is 6.08 Å². The average Bonchev–Trinajstić information content (AvgIpc) is 2.72. The normalized spacial score (nSPS) is 10.8. The van der Waals surface area contributed by atoms with Crippen LogP contribution in [0.4, 0.5) is 5.69 Å². The maximum absolute atomic E-state index is 12.4. The minimum absolute atomic E-state index is 0.0150. The van der Waals surface area contributed by atoms with Crippen molar-refractivity contribution in [1.82, 2.24) is 4.98 Å². The Morgan fingerprint density at radius 2 is 1.93 bits per heavy atom. The molecule has 0 atom stereocenters. The fraction of sp³-hybridized carbons (Fsp3) is 0.0476. The third kappa shape index (κ3) is 4.81. The van der Waals surface area contributed by atoms with E-state index in [0.29, 0.717) is 17.9 Å².